The van der Waals surface area contributed by atoms with Crippen molar-refractivity contribution in [3.05, 3.63) is 0 Å². The summed E-state index contributed by atoms with van der Waals surface area (Å²) in [5.41, 5.74) is 0. The fraction of sp³-hybridized carbons (Fsp3) is 1.00. The summed E-state index contributed by atoms with van der Waals surface area (Å²) in [4.78, 5) is 38.0. The molecule has 0 unspecified atom stereocenters. The molecule has 1 aliphatic heterocycles. The van der Waals surface area contributed by atoms with E-state index in [0.29, 0.717) is 11.5 Å². The van der Waals surface area contributed by atoms with Crippen molar-refractivity contribution in [1.82, 2.24) is 4.90 Å². The van der Waals surface area contributed by atoms with Crippen LogP contribution in [0.3, 0.4) is 0 Å². The van der Waals surface area contributed by atoms with Crippen LogP contribution in [0, 0.1) is 0 Å². The first-order chi connectivity index (χ1) is 7.11. The Morgan fingerprint density at radius 1 is 1.06 bits per heavy atom. The quantitative estimate of drug-likeness (QED) is 0.539. The maximum atomic E-state index is 11.4. The Balaban J connectivity index is 3.14. The van der Waals surface area contributed by atoms with Gasteiger partial charge in [0.2, 0.25) is 5.02 Å². The Bertz CT molecular complexity index is 323. The molecule has 0 aromatic carbocycles. The molecule has 1 aliphatic rings. The van der Waals surface area contributed by atoms with Crippen LogP contribution < -0.4 is 0 Å². The molecule has 0 radical (unpaired) electrons. The first-order valence-electron chi connectivity index (χ1n) is 4.55. The molecule has 96 valence electrons. The van der Waals surface area contributed by atoms with Gasteiger partial charge >= 0.3 is 15.2 Å². The van der Waals surface area contributed by atoms with E-state index in [0.717, 1.165) is 6.92 Å². The standard InChI is InChI=1S/C6H15NO6P2S/c1-6(14(8,9)10,15(11,12)13)7-2-4-16-5-3-7/h2-5H2,1H3,(H2,8,9,10)(H2,11,12,13). The van der Waals surface area contributed by atoms with Gasteiger partial charge in [-0.05, 0) is 6.92 Å². The SMILES string of the molecule is CC(N1CCSCC1)(P(=O)(O)O)P(=O)(O)O. The van der Waals surface area contributed by atoms with Gasteiger partial charge in [0.15, 0.2) is 0 Å². The van der Waals surface area contributed by atoms with E-state index in [1.807, 2.05) is 0 Å². The number of hydrogen-bond acceptors (Lipinski definition) is 4. The molecule has 0 aromatic heterocycles. The van der Waals surface area contributed by atoms with Crippen molar-refractivity contribution in [2.45, 2.75) is 11.9 Å². The average molecular weight is 291 g/mol. The zero-order valence-corrected chi connectivity index (χ0v) is 11.3. The van der Waals surface area contributed by atoms with Crippen LogP contribution in [0.5, 0.6) is 0 Å². The van der Waals surface area contributed by atoms with Crippen LogP contribution in [0.15, 0.2) is 0 Å². The highest BCUT2D eigenvalue weighted by molar-refractivity contribution is 7.99. The van der Waals surface area contributed by atoms with Gasteiger partial charge in [-0.25, -0.2) is 0 Å². The summed E-state index contributed by atoms with van der Waals surface area (Å²) < 4.78 is 22.7. The summed E-state index contributed by atoms with van der Waals surface area (Å²) in [7, 11) is -9.85. The van der Waals surface area contributed by atoms with Crippen LogP contribution in [0.1, 0.15) is 6.92 Å². The largest absolute Gasteiger partial charge is 0.357 e. The Kier molecular flexibility index (Phi) is 4.31. The number of hydrogen-bond donors (Lipinski definition) is 4. The second-order valence-electron chi connectivity index (χ2n) is 3.66. The second kappa shape index (κ2) is 4.71. The molecule has 10 heteroatoms. The summed E-state index contributed by atoms with van der Waals surface area (Å²) in [6, 6.07) is 0. The molecule has 0 spiro atoms. The van der Waals surface area contributed by atoms with Crippen LogP contribution in [-0.2, 0) is 9.13 Å². The van der Waals surface area contributed by atoms with Crippen LogP contribution >= 0.6 is 27.0 Å². The number of rotatable bonds is 3. The Morgan fingerprint density at radius 3 is 1.75 bits per heavy atom. The zero-order valence-electron chi connectivity index (χ0n) is 8.68. The van der Waals surface area contributed by atoms with Crippen molar-refractivity contribution in [1.29, 1.82) is 0 Å². The van der Waals surface area contributed by atoms with Gasteiger partial charge in [0.05, 0.1) is 0 Å². The molecule has 1 heterocycles. The van der Waals surface area contributed by atoms with Crippen molar-refractivity contribution < 1.29 is 28.7 Å². The minimum Gasteiger partial charge on any atom is -0.323 e. The van der Waals surface area contributed by atoms with Crippen molar-refractivity contribution in [2.75, 3.05) is 24.6 Å². The van der Waals surface area contributed by atoms with E-state index in [9.17, 15) is 28.7 Å². The van der Waals surface area contributed by atoms with E-state index in [1.54, 1.807) is 11.8 Å². The third-order valence-electron chi connectivity index (χ3n) is 2.71. The predicted molar refractivity (Wildman–Crippen MR) is 61.4 cm³/mol. The van der Waals surface area contributed by atoms with Gasteiger partial charge in [0.25, 0.3) is 0 Å². The summed E-state index contributed by atoms with van der Waals surface area (Å²) in [5.74, 6) is 1.21. The molecule has 16 heavy (non-hydrogen) atoms. The lowest BCUT2D eigenvalue weighted by Gasteiger charge is -2.42. The number of thioether (sulfide) groups is 1. The Hall–Kier alpha value is 0.610. The van der Waals surface area contributed by atoms with E-state index in [2.05, 4.69) is 0 Å². The van der Waals surface area contributed by atoms with Gasteiger partial charge in [0.1, 0.15) is 0 Å². The van der Waals surface area contributed by atoms with E-state index in [-0.39, 0.29) is 13.1 Å². The normalized spacial score (nSPS) is 21.1. The van der Waals surface area contributed by atoms with Crippen LogP contribution in [0.25, 0.3) is 0 Å². The van der Waals surface area contributed by atoms with Gasteiger partial charge in [-0.1, -0.05) is 0 Å². The summed E-state index contributed by atoms with van der Waals surface area (Å²) in [5, 5.41) is -2.40. The highest BCUT2D eigenvalue weighted by Crippen LogP contribution is 2.70. The van der Waals surface area contributed by atoms with E-state index >= 15 is 0 Å². The lowest BCUT2D eigenvalue weighted by atomic mass is 10.5. The average Bonchev–Trinajstić information content (AvgIpc) is 2.14. The first-order valence-corrected chi connectivity index (χ1v) is 8.93. The lowest BCUT2D eigenvalue weighted by molar-refractivity contribution is 0.179. The smallest absolute Gasteiger partial charge is 0.323 e. The van der Waals surface area contributed by atoms with Crippen molar-refractivity contribution in [2.24, 2.45) is 0 Å². The van der Waals surface area contributed by atoms with Gasteiger partial charge in [-0.15, -0.1) is 0 Å². The minimum absolute atomic E-state index is 0.261. The molecule has 0 aliphatic carbocycles. The summed E-state index contributed by atoms with van der Waals surface area (Å²) >= 11 is 1.59. The van der Waals surface area contributed by atoms with Crippen LogP contribution in [0.4, 0.5) is 0 Å². The van der Waals surface area contributed by atoms with E-state index < -0.39 is 20.2 Å². The van der Waals surface area contributed by atoms with Crippen LogP contribution in [0.2, 0.25) is 0 Å². The third-order valence-corrected chi connectivity index (χ3v) is 7.99. The highest BCUT2D eigenvalue weighted by Gasteiger charge is 2.60. The Morgan fingerprint density at radius 2 is 1.44 bits per heavy atom. The van der Waals surface area contributed by atoms with Gasteiger partial charge in [-0.2, -0.15) is 11.8 Å². The lowest BCUT2D eigenvalue weighted by Crippen LogP contribution is -2.49. The fourth-order valence-electron chi connectivity index (χ4n) is 1.53. The molecule has 0 saturated carbocycles. The fourth-order valence-corrected chi connectivity index (χ4v) is 4.92. The van der Waals surface area contributed by atoms with Gasteiger partial charge < -0.3 is 19.6 Å². The minimum atomic E-state index is -4.92. The third kappa shape index (κ3) is 2.54. The van der Waals surface area contributed by atoms with Crippen molar-refractivity contribution in [3.63, 3.8) is 0 Å². The summed E-state index contributed by atoms with van der Waals surface area (Å²) in [6.45, 7) is 1.46. The summed E-state index contributed by atoms with van der Waals surface area (Å²) in [6.07, 6.45) is 0. The number of nitrogens with zero attached hydrogens (tertiary/aromatic N) is 1. The second-order valence-corrected chi connectivity index (χ2v) is 9.15. The molecule has 0 atom stereocenters. The highest BCUT2D eigenvalue weighted by atomic mass is 32.2. The predicted octanol–water partition coefficient (Wildman–Crippen LogP) is 0.0643. The molecular weight excluding hydrogens is 276 g/mol. The maximum Gasteiger partial charge on any atom is 0.357 e. The maximum absolute atomic E-state index is 11.4. The van der Waals surface area contributed by atoms with Gasteiger partial charge in [0, 0.05) is 24.6 Å². The van der Waals surface area contributed by atoms with Crippen molar-refractivity contribution >= 4 is 27.0 Å². The zero-order chi connectivity index (χ0) is 12.6. The first kappa shape index (κ1) is 14.7. The molecule has 1 saturated heterocycles. The molecular formula is C6H15NO6P2S. The molecule has 7 nitrogen and oxygen atoms in total. The monoisotopic (exact) mass is 291 g/mol. The molecule has 0 aromatic rings. The van der Waals surface area contributed by atoms with Crippen molar-refractivity contribution in [3.8, 4) is 0 Å². The van der Waals surface area contributed by atoms with Crippen LogP contribution in [-0.4, -0.2) is 54.1 Å². The molecule has 1 fully saturated rings. The molecule has 1 rings (SSSR count). The van der Waals surface area contributed by atoms with Gasteiger partial charge in [-0.3, -0.25) is 14.0 Å². The topological polar surface area (TPSA) is 118 Å². The Labute approximate surface area is 97.5 Å². The molecule has 0 amide bonds. The molecule has 0 bridgehead atoms. The molecule has 4 N–H and O–H groups in total. The van der Waals surface area contributed by atoms with E-state index in [1.165, 1.54) is 4.90 Å². The van der Waals surface area contributed by atoms with E-state index in [4.69, 9.17) is 0 Å².